The van der Waals surface area contributed by atoms with Gasteiger partial charge in [0.2, 0.25) is 5.43 Å². The van der Waals surface area contributed by atoms with Crippen molar-refractivity contribution < 1.29 is 27.8 Å². The third-order valence-electron chi connectivity index (χ3n) is 5.06. The quantitative estimate of drug-likeness (QED) is 0.414. The van der Waals surface area contributed by atoms with E-state index in [1.54, 1.807) is 5.01 Å². The first-order chi connectivity index (χ1) is 16.2. The number of pyridine rings is 1. The number of hydrogen-bond acceptors (Lipinski definition) is 8. The molecule has 13 heteroatoms. The van der Waals surface area contributed by atoms with Gasteiger partial charge in [0.1, 0.15) is 41.8 Å². The molecule has 9 nitrogen and oxygen atoms in total. The largest absolute Gasteiger partial charge is 0.502 e. The van der Waals surface area contributed by atoms with Crippen LogP contribution in [0.4, 0.5) is 13.2 Å². The Balaban J connectivity index is 1.73. The fraction of sp³-hybridized carbons (Fsp3) is 0.238. The number of benzene rings is 1. The topological polar surface area (TPSA) is 101 Å². The molecule has 1 aromatic carbocycles. The number of ether oxygens (including phenoxy) is 1. The van der Waals surface area contributed by atoms with Crippen LogP contribution in [0.5, 0.6) is 5.75 Å². The van der Waals surface area contributed by atoms with Crippen LogP contribution >= 0.6 is 11.3 Å². The fourth-order valence-electron chi connectivity index (χ4n) is 3.44. The van der Waals surface area contributed by atoms with Gasteiger partial charge in [-0.1, -0.05) is 17.8 Å². The Bertz CT molecular complexity index is 1360. The number of rotatable bonds is 6. The van der Waals surface area contributed by atoms with Crippen LogP contribution in [-0.4, -0.2) is 57.7 Å². The number of amides is 1. The Morgan fingerprint density at radius 3 is 2.62 bits per heavy atom. The maximum absolute atomic E-state index is 14.0. The van der Waals surface area contributed by atoms with Gasteiger partial charge in [-0.3, -0.25) is 19.3 Å². The highest BCUT2D eigenvalue weighted by Gasteiger charge is 2.32. The molecule has 34 heavy (non-hydrogen) atoms. The van der Waals surface area contributed by atoms with Gasteiger partial charge in [-0.2, -0.15) is 0 Å². The number of terminal acetylenes is 1. The number of fused-ring (bicyclic) bond motifs is 1. The van der Waals surface area contributed by atoms with Crippen LogP contribution < -0.4 is 10.4 Å². The van der Waals surface area contributed by atoms with Crippen molar-refractivity contribution in [3.05, 3.63) is 62.3 Å². The maximum Gasteiger partial charge on any atom is 0.277 e. The molecular formula is C21H16F3N5O4S. The lowest BCUT2D eigenvalue weighted by atomic mass is 10.1. The van der Waals surface area contributed by atoms with E-state index in [0.29, 0.717) is 12.1 Å². The van der Waals surface area contributed by atoms with Crippen molar-refractivity contribution >= 4 is 17.2 Å². The SMILES string of the molecule is C#COCCN1CN(C)C(=O)c2c(O)c(=O)c(-c3nnc(Cc4c(F)cc(F)cc4F)s3)cn21. The first kappa shape index (κ1) is 23.1. The number of carbonyl (C=O) groups excluding carboxylic acids is 1. The summed E-state index contributed by atoms with van der Waals surface area (Å²) in [6, 6.07) is 1.11. The Hall–Kier alpha value is -4.05. The van der Waals surface area contributed by atoms with Crippen LogP contribution in [0.3, 0.4) is 0 Å². The highest BCUT2D eigenvalue weighted by Crippen LogP contribution is 2.28. The Morgan fingerprint density at radius 2 is 1.94 bits per heavy atom. The molecule has 176 valence electrons. The average molecular weight is 491 g/mol. The molecule has 0 saturated carbocycles. The number of hydrogen-bond donors (Lipinski definition) is 1. The second-order valence-corrected chi connectivity index (χ2v) is 8.34. The molecule has 2 aromatic heterocycles. The monoisotopic (exact) mass is 491 g/mol. The second kappa shape index (κ2) is 9.06. The van der Waals surface area contributed by atoms with Crippen LogP contribution in [0.25, 0.3) is 10.6 Å². The lowest BCUT2D eigenvalue weighted by molar-refractivity contribution is 0.0728. The van der Waals surface area contributed by atoms with Crippen LogP contribution in [0.2, 0.25) is 0 Å². The minimum Gasteiger partial charge on any atom is -0.502 e. The molecule has 0 saturated heterocycles. The molecule has 1 N–H and O–H groups in total. The van der Waals surface area contributed by atoms with Crippen molar-refractivity contribution in [1.29, 1.82) is 0 Å². The first-order valence-corrected chi connectivity index (χ1v) is 10.6. The third-order valence-corrected chi connectivity index (χ3v) is 6.02. The molecule has 1 aliphatic rings. The Kier molecular flexibility index (Phi) is 6.16. The summed E-state index contributed by atoms with van der Waals surface area (Å²) in [7, 11) is 1.50. The zero-order valence-corrected chi connectivity index (χ0v) is 18.4. The van der Waals surface area contributed by atoms with Gasteiger partial charge in [0.15, 0.2) is 16.5 Å². The van der Waals surface area contributed by atoms with Gasteiger partial charge in [-0.25, -0.2) is 13.2 Å². The third kappa shape index (κ3) is 4.15. The minimum absolute atomic E-state index is 0.0553. The van der Waals surface area contributed by atoms with E-state index in [-0.39, 0.29) is 47.5 Å². The van der Waals surface area contributed by atoms with Gasteiger partial charge >= 0.3 is 0 Å². The molecule has 0 aliphatic carbocycles. The van der Waals surface area contributed by atoms with Crippen molar-refractivity contribution in [2.24, 2.45) is 0 Å². The molecule has 0 fully saturated rings. The predicted octanol–water partition coefficient (Wildman–Crippen LogP) is 1.67. The highest BCUT2D eigenvalue weighted by molar-refractivity contribution is 7.14. The molecule has 1 amide bonds. The lowest BCUT2D eigenvalue weighted by Gasteiger charge is -2.37. The van der Waals surface area contributed by atoms with E-state index in [4.69, 9.17) is 11.2 Å². The zero-order valence-electron chi connectivity index (χ0n) is 17.6. The average Bonchev–Trinajstić information content (AvgIpc) is 3.24. The van der Waals surface area contributed by atoms with Crippen molar-refractivity contribution in [3.63, 3.8) is 0 Å². The molecule has 1 aliphatic heterocycles. The number of aromatic hydroxyl groups is 1. The molecule has 0 spiro atoms. The van der Waals surface area contributed by atoms with E-state index in [2.05, 4.69) is 10.2 Å². The van der Waals surface area contributed by atoms with Crippen LogP contribution in [0, 0.1) is 30.0 Å². The van der Waals surface area contributed by atoms with Crippen LogP contribution in [0.1, 0.15) is 21.1 Å². The standard InChI is InChI=1S/C21H16F3N5O4S/c1-3-33-5-4-28-10-27(2)21(32)17-19(31)18(30)13(9-29(17)28)20-26-25-16(34-20)8-12-14(23)6-11(22)7-15(12)24/h1,6-7,9,31H,4-5,8,10H2,2H3. The molecule has 0 radical (unpaired) electrons. The van der Waals surface area contributed by atoms with E-state index >= 15 is 0 Å². The van der Waals surface area contributed by atoms with Crippen molar-refractivity contribution in [2.75, 3.05) is 31.9 Å². The van der Waals surface area contributed by atoms with E-state index in [1.165, 1.54) is 22.8 Å². The molecule has 3 heterocycles. The van der Waals surface area contributed by atoms with Gasteiger partial charge in [0, 0.05) is 37.4 Å². The summed E-state index contributed by atoms with van der Waals surface area (Å²) in [5.74, 6) is -4.56. The molecule has 3 aromatic rings. The molecular weight excluding hydrogens is 475 g/mol. The second-order valence-electron chi connectivity index (χ2n) is 7.28. The number of carbonyl (C=O) groups is 1. The smallest absolute Gasteiger partial charge is 0.277 e. The van der Waals surface area contributed by atoms with Gasteiger partial charge in [-0.05, 0) is 0 Å². The molecule has 4 rings (SSSR count). The van der Waals surface area contributed by atoms with Gasteiger partial charge in [-0.15, -0.1) is 10.2 Å². The summed E-state index contributed by atoms with van der Waals surface area (Å²) in [6.45, 7) is 0.449. The molecule has 0 atom stereocenters. The van der Waals surface area contributed by atoms with E-state index < -0.39 is 40.1 Å². The lowest BCUT2D eigenvalue weighted by Crippen LogP contribution is -2.53. The summed E-state index contributed by atoms with van der Waals surface area (Å²) < 4.78 is 47.4. The number of halogens is 3. The van der Waals surface area contributed by atoms with Gasteiger partial charge in [0.05, 0.1) is 12.1 Å². The molecule has 0 bridgehead atoms. The van der Waals surface area contributed by atoms with Gasteiger partial charge < -0.3 is 14.7 Å². The van der Waals surface area contributed by atoms with E-state index in [9.17, 15) is 27.9 Å². The zero-order chi connectivity index (χ0) is 24.6. The normalized spacial score (nSPS) is 13.1. The summed E-state index contributed by atoms with van der Waals surface area (Å²) >= 11 is 0.861. The summed E-state index contributed by atoms with van der Waals surface area (Å²) in [6.07, 6.45) is 8.12. The Morgan fingerprint density at radius 1 is 1.24 bits per heavy atom. The van der Waals surface area contributed by atoms with Crippen LogP contribution in [0.15, 0.2) is 23.1 Å². The van der Waals surface area contributed by atoms with E-state index in [1.807, 2.05) is 6.11 Å². The van der Waals surface area contributed by atoms with Crippen molar-refractivity contribution in [3.8, 4) is 28.9 Å². The van der Waals surface area contributed by atoms with E-state index in [0.717, 1.165) is 11.3 Å². The van der Waals surface area contributed by atoms with Crippen molar-refractivity contribution in [1.82, 2.24) is 19.8 Å². The number of nitrogens with zero attached hydrogens (tertiary/aromatic N) is 5. The first-order valence-electron chi connectivity index (χ1n) is 9.74. The summed E-state index contributed by atoms with van der Waals surface area (Å²) in [5.41, 5.74) is -1.59. The Labute approximate surface area is 194 Å². The van der Waals surface area contributed by atoms with Crippen molar-refractivity contribution in [2.45, 2.75) is 6.42 Å². The maximum atomic E-state index is 14.0. The minimum atomic E-state index is -1.08. The highest BCUT2D eigenvalue weighted by atomic mass is 32.1. The van der Waals surface area contributed by atoms with Crippen LogP contribution in [-0.2, 0) is 11.2 Å². The number of aromatic nitrogens is 3. The predicted molar refractivity (Wildman–Crippen MR) is 115 cm³/mol. The summed E-state index contributed by atoms with van der Waals surface area (Å²) in [4.78, 5) is 26.8. The summed E-state index contributed by atoms with van der Waals surface area (Å²) in [5, 5.41) is 20.1. The van der Waals surface area contributed by atoms with Gasteiger partial charge in [0.25, 0.3) is 5.91 Å². The fourth-order valence-corrected chi connectivity index (χ4v) is 4.29. The molecule has 0 unspecified atom stereocenters.